The zero-order chi connectivity index (χ0) is 33.0. The van der Waals surface area contributed by atoms with E-state index in [0.29, 0.717) is 61.0 Å². The monoisotopic (exact) mass is 680 g/mol. The molecule has 2 bridgehead atoms. The van der Waals surface area contributed by atoms with Crippen LogP contribution < -0.4 is 14.4 Å². The maximum atomic E-state index is 14.1. The summed E-state index contributed by atoms with van der Waals surface area (Å²) in [5, 5.41) is 10.8. The molecule has 2 aliphatic carbocycles. The first kappa shape index (κ1) is 33.5. The zero-order valence-corrected chi connectivity index (χ0v) is 28.0. The summed E-state index contributed by atoms with van der Waals surface area (Å²) in [7, 11) is -3.08. The Morgan fingerprint density at radius 3 is 2.63 bits per heavy atom. The van der Waals surface area contributed by atoms with Gasteiger partial charge >= 0.3 is 6.18 Å². The van der Waals surface area contributed by atoms with Crippen molar-refractivity contribution in [2.45, 2.75) is 88.2 Å². The van der Waals surface area contributed by atoms with Crippen LogP contribution in [0.3, 0.4) is 0 Å². The second-order valence-electron chi connectivity index (χ2n) is 14.2. The molecule has 2 N–H and O–H groups in total. The summed E-state index contributed by atoms with van der Waals surface area (Å²) in [6.07, 6.45) is -1.87. The first-order chi connectivity index (χ1) is 21.7. The average Bonchev–Trinajstić information content (AvgIpc) is 3.13. The highest BCUT2D eigenvalue weighted by Crippen LogP contribution is 2.49. The molecule has 1 spiro atoms. The number of anilines is 1. The number of halogens is 4. The third kappa shape index (κ3) is 6.38. The molecule has 0 aromatic heterocycles. The minimum absolute atomic E-state index is 0.0707. The van der Waals surface area contributed by atoms with E-state index in [1.54, 1.807) is 25.1 Å². The van der Waals surface area contributed by atoms with Crippen molar-refractivity contribution in [3.8, 4) is 5.75 Å². The smallest absolute Gasteiger partial charge is 0.414 e. The minimum atomic E-state index is -4.72. The molecule has 11 heteroatoms. The quantitative estimate of drug-likeness (QED) is 0.319. The van der Waals surface area contributed by atoms with Crippen LogP contribution in [-0.2, 0) is 21.5 Å². The van der Waals surface area contributed by atoms with Gasteiger partial charge in [0.25, 0.3) is 5.91 Å². The molecule has 1 saturated carbocycles. The summed E-state index contributed by atoms with van der Waals surface area (Å²) >= 11 is 6.38. The lowest BCUT2D eigenvalue weighted by Crippen LogP contribution is -2.51. The Labute approximate surface area is 275 Å². The highest BCUT2D eigenvalue weighted by Gasteiger charge is 2.51. The third-order valence-corrected chi connectivity index (χ3v) is 13.8. The van der Waals surface area contributed by atoms with Crippen molar-refractivity contribution in [2.24, 2.45) is 23.7 Å². The number of fused-ring (bicyclic) bond motifs is 4. The van der Waals surface area contributed by atoms with Gasteiger partial charge in [-0.2, -0.15) is 13.2 Å². The summed E-state index contributed by atoms with van der Waals surface area (Å²) in [5.74, 6) is 2.52. The van der Waals surface area contributed by atoms with Crippen molar-refractivity contribution >= 4 is 38.8 Å². The Hall–Kier alpha value is -2.43. The topological polar surface area (TPSA) is 78.9 Å². The van der Waals surface area contributed by atoms with Crippen LogP contribution in [0.5, 0.6) is 5.75 Å². The minimum Gasteiger partial charge on any atom is -0.490 e. The van der Waals surface area contributed by atoms with Crippen molar-refractivity contribution in [1.29, 1.82) is 0 Å². The number of alkyl halides is 3. The molecule has 4 aliphatic rings. The zero-order valence-electron chi connectivity index (χ0n) is 26.5. The summed E-state index contributed by atoms with van der Waals surface area (Å²) in [6, 6.07) is 11.1. The SMILES string of the molecule is C=S1(=O)NC(=O)c2ccc3c(c2)N(C[C@@H]2CC[C@H]2[C@H]([C@H](O)C(F)(F)F)CCC[C@H](C)[C@H]1C)C[C@@]1(CCCc2cc(Cl)ccc21)CO3. The van der Waals surface area contributed by atoms with E-state index in [9.17, 15) is 27.3 Å². The van der Waals surface area contributed by atoms with Crippen LogP contribution >= 0.6 is 11.6 Å². The van der Waals surface area contributed by atoms with E-state index in [2.05, 4.69) is 21.6 Å². The van der Waals surface area contributed by atoms with Gasteiger partial charge in [0.1, 0.15) is 5.75 Å². The number of aliphatic hydroxyl groups is 1. The average molecular weight is 681 g/mol. The number of aryl methyl sites for hydroxylation is 1. The van der Waals surface area contributed by atoms with E-state index in [1.807, 2.05) is 19.1 Å². The van der Waals surface area contributed by atoms with Crippen LogP contribution in [0.4, 0.5) is 18.9 Å². The van der Waals surface area contributed by atoms with Gasteiger partial charge in [0.2, 0.25) is 0 Å². The third-order valence-electron chi connectivity index (χ3n) is 11.4. The van der Waals surface area contributed by atoms with Crippen molar-refractivity contribution in [1.82, 2.24) is 4.72 Å². The number of ether oxygens (including phenoxy) is 1. The second-order valence-corrected chi connectivity index (χ2v) is 17.0. The first-order valence-electron chi connectivity index (χ1n) is 16.4. The fourth-order valence-electron chi connectivity index (χ4n) is 8.37. The molecule has 46 heavy (non-hydrogen) atoms. The van der Waals surface area contributed by atoms with Gasteiger partial charge < -0.3 is 14.7 Å². The second kappa shape index (κ2) is 12.5. The lowest BCUT2D eigenvalue weighted by Gasteiger charge is -2.48. The molecular formula is C35H44ClF3N2O4S. The van der Waals surface area contributed by atoms with Crippen molar-refractivity contribution in [3.05, 3.63) is 58.1 Å². The fraction of sp³-hybridized carbons (Fsp3) is 0.600. The molecular weight excluding hydrogens is 637 g/mol. The van der Waals surface area contributed by atoms with Crippen molar-refractivity contribution in [2.75, 3.05) is 24.6 Å². The van der Waals surface area contributed by atoms with Crippen LogP contribution in [0, 0.1) is 23.7 Å². The van der Waals surface area contributed by atoms with Crippen LogP contribution in [0.2, 0.25) is 5.02 Å². The number of benzene rings is 2. The molecule has 2 aliphatic heterocycles. The maximum Gasteiger partial charge on any atom is 0.414 e. The van der Waals surface area contributed by atoms with E-state index in [-0.39, 0.29) is 24.2 Å². The molecule has 0 saturated heterocycles. The van der Waals surface area contributed by atoms with Gasteiger partial charge in [0.15, 0.2) is 6.10 Å². The molecule has 6 rings (SSSR count). The molecule has 252 valence electrons. The summed E-state index contributed by atoms with van der Waals surface area (Å²) in [5.41, 5.74) is 2.95. The maximum absolute atomic E-state index is 14.1. The van der Waals surface area contributed by atoms with Crippen LogP contribution in [0.15, 0.2) is 36.4 Å². The van der Waals surface area contributed by atoms with Crippen molar-refractivity contribution < 1.29 is 32.0 Å². The van der Waals surface area contributed by atoms with E-state index < -0.39 is 44.5 Å². The van der Waals surface area contributed by atoms with Gasteiger partial charge in [-0.3, -0.25) is 9.52 Å². The predicted molar refractivity (Wildman–Crippen MR) is 177 cm³/mol. The number of carbonyl (C=O) groups is 1. The number of nitrogens with zero attached hydrogens (tertiary/aromatic N) is 1. The molecule has 8 atom stereocenters. The molecule has 1 amide bonds. The lowest BCUT2D eigenvalue weighted by atomic mass is 9.63. The fourth-order valence-corrected chi connectivity index (χ4v) is 10.1. The predicted octanol–water partition coefficient (Wildman–Crippen LogP) is 6.95. The normalized spacial score (nSPS) is 34.3. The van der Waals surface area contributed by atoms with Crippen LogP contribution in [0.25, 0.3) is 0 Å². The molecule has 2 aromatic rings. The number of hydrogen-bond acceptors (Lipinski definition) is 5. The lowest BCUT2D eigenvalue weighted by molar-refractivity contribution is -0.231. The Balaban J connectivity index is 1.43. The molecule has 1 fully saturated rings. The van der Waals surface area contributed by atoms with Crippen molar-refractivity contribution in [3.63, 3.8) is 0 Å². The van der Waals surface area contributed by atoms with E-state index in [4.69, 9.17) is 16.3 Å². The Morgan fingerprint density at radius 2 is 1.91 bits per heavy atom. The summed E-state index contributed by atoms with van der Waals surface area (Å²) in [4.78, 5) is 15.7. The largest absolute Gasteiger partial charge is 0.490 e. The van der Waals surface area contributed by atoms with Crippen LogP contribution in [0.1, 0.15) is 80.3 Å². The number of aliphatic hydroxyl groups excluding tert-OH is 1. The van der Waals surface area contributed by atoms with E-state index >= 15 is 0 Å². The standard InChI is InChI=1S/C35H44ClF3N2O4S/c1-21-6-4-8-28(32(42)35(37,38)39)27-12-9-25(27)18-41-19-34(15-5-7-23-16-26(36)11-13-29(23)34)20-45-31-14-10-24(17-30(31)41)33(43)40-46(3,44)22(21)2/h10-11,13-14,16-17,21-22,25,27-28,32,42H,3-9,12,15,18-20H2,1-2H3,(H,40,43,44)/t21-,22+,25-,27+,28+,32-,34-,46?/m0/s1. The molecule has 1 unspecified atom stereocenters. The van der Waals surface area contributed by atoms with Crippen LogP contribution in [-0.4, -0.2) is 58.3 Å². The highest BCUT2D eigenvalue weighted by molar-refractivity contribution is 7.99. The highest BCUT2D eigenvalue weighted by atomic mass is 35.5. The molecule has 0 radical (unpaired) electrons. The van der Waals surface area contributed by atoms with E-state index in [0.717, 1.165) is 31.2 Å². The number of rotatable bonds is 1. The summed E-state index contributed by atoms with van der Waals surface area (Å²) < 4.78 is 65.0. The van der Waals surface area contributed by atoms with Gasteiger partial charge in [0.05, 0.1) is 22.0 Å². The Morgan fingerprint density at radius 1 is 1.13 bits per heavy atom. The number of amides is 1. The van der Waals surface area contributed by atoms with E-state index in [1.165, 1.54) is 5.56 Å². The molecule has 2 heterocycles. The number of hydrogen-bond donors (Lipinski definition) is 2. The van der Waals surface area contributed by atoms with Gasteiger partial charge in [-0.25, -0.2) is 4.21 Å². The summed E-state index contributed by atoms with van der Waals surface area (Å²) in [6.45, 7) is 5.07. The number of nitrogens with one attached hydrogen (secondary N) is 1. The van der Waals surface area contributed by atoms with Gasteiger partial charge in [-0.05, 0) is 123 Å². The van der Waals surface area contributed by atoms with Gasteiger partial charge in [-0.15, -0.1) is 0 Å². The molecule has 2 aromatic carbocycles. The Bertz CT molecular complexity index is 1580. The molecule has 6 nitrogen and oxygen atoms in total. The first-order valence-corrected chi connectivity index (χ1v) is 18.6. The number of carbonyl (C=O) groups excluding carboxylic acids is 1. The van der Waals surface area contributed by atoms with Gasteiger partial charge in [-0.1, -0.05) is 31.0 Å². The Kier molecular flexibility index (Phi) is 9.13. The van der Waals surface area contributed by atoms with Gasteiger partial charge in [0, 0.05) is 34.3 Å².